The molecule has 32 heavy (non-hydrogen) atoms. The summed E-state index contributed by atoms with van der Waals surface area (Å²) < 4.78 is 5.99. The molecule has 1 aliphatic carbocycles. The molecule has 1 saturated carbocycles. The highest BCUT2D eigenvalue weighted by molar-refractivity contribution is 6.26. The minimum atomic E-state index is -0.334. The fraction of sp³-hybridized carbons (Fsp3) is 0.160. The molecule has 0 radical (unpaired) electrons. The molecule has 7 nitrogen and oxygen atoms in total. The van der Waals surface area contributed by atoms with Crippen LogP contribution in [0.4, 0.5) is 16.2 Å². The van der Waals surface area contributed by atoms with E-state index in [9.17, 15) is 9.59 Å². The average Bonchev–Trinajstić information content (AvgIpc) is 3.47. The Hall–Kier alpha value is -4.13. The van der Waals surface area contributed by atoms with E-state index in [2.05, 4.69) is 16.0 Å². The first-order chi connectivity index (χ1) is 15.7. The number of pyridine rings is 1. The monoisotopic (exact) mass is 424 g/mol. The van der Waals surface area contributed by atoms with E-state index in [-0.39, 0.29) is 18.5 Å². The molecule has 3 amide bonds. The quantitative estimate of drug-likeness (QED) is 0.446. The lowest BCUT2D eigenvalue weighted by Gasteiger charge is -2.18. The van der Waals surface area contributed by atoms with Crippen LogP contribution in [0.1, 0.15) is 24.3 Å². The summed E-state index contributed by atoms with van der Waals surface area (Å²) in [6, 6.07) is 18.3. The summed E-state index contributed by atoms with van der Waals surface area (Å²) in [6.45, 7) is 0.0354. The van der Waals surface area contributed by atoms with Gasteiger partial charge in [-0.2, -0.15) is 0 Å². The second-order valence-corrected chi connectivity index (χ2v) is 8.11. The lowest BCUT2D eigenvalue weighted by Crippen LogP contribution is -2.33. The van der Waals surface area contributed by atoms with Crippen molar-refractivity contribution in [1.82, 2.24) is 9.97 Å². The van der Waals surface area contributed by atoms with Crippen LogP contribution in [0.2, 0.25) is 0 Å². The highest BCUT2D eigenvalue weighted by Crippen LogP contribution is 2.41. The number of aromatic amines is 1. The Morgan fingerprint density at radius 2 is 1.81 bits per heavy atom. The van der Waals surface area contributed by atoms with Crippen molar-refractivity contribution in [3.05, 3.63) is 78.6 Å². The van der Waals surface area contributed by atoms with E-state index in [0.29, 0.717) is 23.1 Å². The van der Waals surface area contributed by atoms with Crippen molar-refractivity contribution >= 4 is 34.3 Å². The van der Waals surface area contributed by atoms with Crippen LogP contribution in [-0.2, 0) is 4.79 Å². The highest BCUT2D eigenvalue weighted by Gasteiger charge is 2.38. The molecule has 1 N–H and O–H groups in total. The third kappa shape index (κ3) is 3.19. The molecule has 6 rings (SSSR count). The zero-order valence-corrected chi connectivity index (χ0v) is 17.2. The molecule has 0 atom stereocenters. The second-order valence-electron chi connectivity index (χ2n) is 8.11. The third-order valence-electron chi connectivity index (χ3n) is 5.94. The number of urea groups is 1. The molecule has 2 aromatic carbocycles. The lowest BCUT2D eigenvalue weighted by molar-refractivity contribution is -0.115. The summed E-state index contributed by atoms with van der Waals surface area (Å²) in [5, 5.41) is 0.880. The van der Waals surface area contributed by atoms with Crippen LogP contribution in [-0.4, -0.2) is 28.5 Å². The van der Waals surface area contributed by atoms with Gasteiger partial charge in [0.1, 0.15) is 23.7 Å². The Morgan fingerprint density at radius 1 is 0.969 bits per heavy atom. The van der Waals surface area contributed by atoms with Crippen LogP contribution in [0, 0.1) is 0 Å². The summed E-state index contributed by atoms with van der Waals surface area (Å²) in [5.74, 6) is 1.62. The number of benzene rings is 2. The Morgan fingerprint density at radius 3 is 2.62 bits per heavy atom. The number of amides is 3. The number of carbonyl (C=O) groups is 2. The molecule has 3 heterocycles. The molecule has 0 spiro atoms. The van der Waals surface area contributed by atoms with Crippen LogP contribution >= 0.6 is 0 Å². The Kier molecular flexibility index (Phi) is 4.21. The summed E-state index contributed by atoms with van der Waals surface area (Å²) in [4.78, 5) is 35.9. The van der Waals surface area contributed by atoms with Crippen LogP contribution in [0.15, 0.2) is 73.1 Å². The maximum Gasteiger partial charge on any atom is 0.336 e. The minimum absolute atomic E-state index is 0.0354. The first kappa shape index (κ1) is 18.6. The van der Waals surface area contributed by atoms with E-state index in [4.69, 9.17) is 4.74 Å². The number of aromatic nitrogens is 2. The Bertz CT molecular complexity index is 1340. The van der Waals surface area contributed by atoms with Gasteiger partial charge in [0.25, 0.3) is 5.91 Å². The largest absolute Gasteiger partial charge is 0.457 e. The van der Waals surface area contributed by atoms with Crippen molar-refractivity contribution in [3.8, 4) is 11.5 Å². The van der Waals surface area contributed by atoms with Gasteiger partial charge in [-0.1, -0.05) is 12.1 Å². The number of imide groups is 1. The van der Waals surface area contributed by atoms with Crippen molar-refractivity contribution in [2.45, 2.75) is 18.8 Å². The zero-order valence-electron chi connectivity index (χ0n) is 17.2. The van der Waals surface area contributed by atoms with Crippen molar-refractivity contribution in [2.24, 2.45) is 0 Å². The van der Waals surface area contributed by atoms with Gasteiger partial charge in [0.2, 0.25) is 0 Å². The number of H-pyrrole nitrogens is 1. The van der Waals surface area contributed by atoms with E-state index >= 15 is 0 Å². The molecule has 2 aromatic heterocycles. The van der Waals surface area contributed by atoms with Crippen LogP contribution in [0.3, 0.4) is 0 Å². The number of nitrogens with one attached hydrogen (secondary N) is 1. The predicted octanol–water partition coefficient (Wildman–Crippen LogP) is 5.21. The van der Waals surface area contributed by atoms with E-state index in [1.165, 1.54) is 28.2 Å². The number of nitrogens with zero attached hydrogens (tertiary/aromatic N) is 3. The first-order valence-electron chi connectivity index (χ1n) is 10.6. The van der Waals surface area contributed by atoms with Crippen LogP contribution in [0.5, 0.6) is 11.5 Å². The molecule has 1 saturated heterocycles. The van der Waals surface area contributed by atoms with Crippen molar-refractivity contribution < 1.29 is 14.3 Å². The van der Waals surface area contributed by atoms with E-state index in [0.717, 1.165) is 16.7 Å². The molecule has 7 heteroatoms. The molecule has 4 aromatic rings. The number of hydrogen-bond donors (Lipinski definition) is 1. The van der Waals surface area contributed by atoms with Gasteiger partial charge in [-0.15, -0.1) is 0 Å². The fourth-order valence-corrected chi connectivity index (χ4v) is 4.14. The molecule has 2 aliphatic rings. The second kappa shape index (κ2) is 7.23. The first-order valence-corrected chi connectivity index (χ1v) is 10.6. The standard InChI is InChI=1S/C25H20N4O3/c30-23-15-28(19-3-1-2-17(14-19)16-4-5-16)25(31)29(23)18-6-8-20(9-7-18)32-22-11-13-27-24-21(22)10-12-26-24/h1-3,6-14,16H,4-5,15H2,(H,26,27). The maximum absolute atomic E-state index is 13.1. The molecular formula is C25H20N4O3. The lowest BCUT2D eigenvalue weighted by atomic mass is 10.1. The topological polar surface area (TPSA) is 78.5 Å². The third-order valence-corrected chi connectivity index (χ3v) is 5.94. The Balaban J connectivity index is 1.23. The van der Waals surface area contributed by atoms with Crippen molar-refractivity contribution in [3.63, 3.8) is 0 Å². The number of rotatable bonds is 5. The Labute approximate surface area is 184 Å². The summed E-state index contributed by atoms with van der Waals surface area (Å²) in [7, 11) is 0. The summed E-state index contributed by atoms with van der Waals surface area (Å²) in [5.41, 5.74) is 3.27. The fourth-order valence-electron chi connectivity index (χ4n) is 4.14. The average molecular weight is 424 g/mol. The van der Waals surface area contributed by atoms with Gasteiger partial charge in [-0.3, -0.25) is 9.69 Å². The van der Waals surface area contributed by atoms with Gasteiger partial charge in [0.05, 0.1) is 11.1 Å². The zero-order chi connectivity index (χ0) is 21.7. The number of anilines is 2. The normalized spacial score (nSPS) is 16.2. The molecular weight excluding hydrogens is 404 g/mol. The van der Waals surface area contributed by atoms with Crippen molar-refractivity contribution in [1.29, 1.82) is 0 Å². The summed E-state index contributed by atoms with van der Waals surface area (Å²) >= 11 is 0. The molecule has 1 aliphatic heterocycles. The maximum atomic E-state index is 13.1. The molecule has 2 fully saturated rings. The van der Waals surface area contributed by atoms with Gasteiger partial charge < -0.3 is 9.72 Å². The SMILES string of the molecule is O=C1CN(c2cccc(C3CC3)c2)C(=O)N1c1ccc(Oc2ccnc3[nH]ccc23)cc1. The van der Waals surface area contributed by atoms with Crippen LogP contribution < -0.4 is 14.5 Å². The van der Waals surface area contributed by atoms with Crippen LogP contribution in [0.25, 0.3) is 11.0 Å². The van der Waals surface area contributed by atoms with Crippen molar-refractivity contribution in [2.75, 3.05) is 16.3 Å². The molecule has 0 bridgehead atoms. The van der Waals surface area contributed by atoms with Gasteiger partial charge in [0.15, 0.2) is 0 Å². The van der Waals surface area contributed by atoms with Gasteiger partial charge in [0, 0.05) is 18.1 Å². The highest BCUT2D eigenvalue weighted by atomic mass is 16.5. The minimum Gasteiger partial charge on any atom is -0.457 e. The van der Waals surface area contributed by atoms with E-state index < -0.39 is 0 Å². The number of fused-ring (bicyclic) bond motifs is 1. The van der Waals surface area contributed by atoms with E-state index in [1.54, 1.807) is 36.5 Å². The predicted molar refractivity (Wildman–Crippen MR) is 121 cm³/mol. The molecule has 0 unspecified atom stereocenters. The number of ether oxygens (including phenoxy) is 1. The van der Waals surface area contributed by atoms with Gasteiger partial charge in [-0.25, -0.2) is 14.7 Å². The smallest absolute Gasteiger partial charge is 0.336 e. The number of carbonyl (C=O) groups excluding carboxylic acids is 2. The molecule has 158 valence electrons. The number of hydrogen-bond acceptors (Lipinski definition) is 4. The van der Waals surface area contributed by atoms with Gasteiger partial charge in [-0.05, 0) is 72.9 Å². The van der Waals surface area contributed by atoms with E-state index in [1.807, 2.05) is 30.5 Å². The van der Waals surface area contributed by atoms with Gasteiger partial charge >= 0.3 is 6.03 Å². The summed E-state index contributed by atoms with van der Waals surface area (Å²) in [6.07, 6.45) is 5.86.